The molecule has 0 saturated carbocycles. The largest absolute Gasteiger partial charge is 0.388 e. The molecular formula is C15H14N4. The lowest BCUT2D eigenvalue weighted by Crippen LogP contribution is -1.87. The highest BCUT2D eigenvalue weighted by Crippen LogP contribution is 2.22. The molecule has 4 heteroatoms. The van der Waals surface area contributed by atoms with Crippen LogP contribution >= 0.6 is 0 Å². The van der Waals surface area contributed by atoms with Gasteiger partial charge in [0.1, 0.15) is 5.82 Å². The van der Waals surface area contributed by atoms with Crippen LogP contribution < -0.4 is 5.32 Å². The molecule has 2 aromatic heterocycles. The molecule has 0 aliphatic carbocycles. The van der Waals surface area contributed by atoms with Crippen molar-refractivity contribution in [1.29, 1.82) is 0 Å². The molecule has 0 aliphatic heterocycles. The lowest BCUT2D eigenvalue weighted by molar-refractivity contribution is 1.30. The smallest absolute Gasteiger partial charge is 0.137 e. The van der Waals surface area contributed by atoms with Crippen LogP contribution in [0, 0.1) is 0 Å². The van der Waals surface area contributed by atoms with Crippen LogP contribution in [0.15, 0.2) is 55.0 Å². The van der Waals surface area contributed by atoms with Gasteiger partial charge in [-0.1, -0.05) is 0 Å². The number of rotatable bonds is 3. The number of nitrogens with zero attached hydrogens (tertiary/aromatic N) is 2. The highest BCUT2D eigenvalue weighted by molar-refractivity contribution is 5.65. The Kier molecular flexibility index (Phi) is 2.98. The number of H-pyrrole nitrogens is 1. The Balaban J connectivity index is 1.92. The molecule has 0 bridgehead atoms. The van der Waals surface area contributed by atoms with E-state index < -0.39 is 0 Å². The van der Waals surface area contributed by atoms with Gasteiger partial charge in [0.15, 0.2) is 0 Å². The maximum atomic E-state index is 4.42. The average Bonchev–Trinajstić information content (AvgIpc) is 2.98. The molecule has 0 saturated heterocycles. The zero-order valence-corrected chi connectivity index (χ0v) is 10.6. The Morgan fingerprint density at radius 1 is 0.947 bits per heavy atom. The van der Waals surface area contributed by atoms with Gasteiger partial charge in [-0.05, 0) is 36.4 Å². The maximum absolute atomic E-state index is 4.42. The van der Waals surface area contributed by atoms with E-state index in [1.807, 2.05) is 49.6 Å². The molecule has 3 rings (SSSR count). The molecule has 3 aromatic rings. The summed E-state index contributed by atoms with van der Waals surface area (Å²) in [7, 11) is 1.91. The van der Waals surface area contributed by atoms with Gasteiger partial charge in [-0.25, -0.2) is 4.98 Å². The van der Waals surface area contributed by atoms with Crippen LogP contribution in [-0.4, -0.2) is 22.0 Å². The number of nitrogens with one attached hydrogen (secondary N) is 2. The second kappa shape index (κ2) is 4.94. The zero-order valence-electron chi connectivity index (χ0n) is 10.6. The molecule has 0 aliphatic rings. The first kappa shape index (κ1) is 11.5. The molecule has 0 unspecified atom stereocenters. The van der Waals surface area contributed by atoms with Crippen LogP contribution in [0.25, 0.3) is 22.6 Å². The van der Waals surface area contributed by atoms with Gasteiger partial charge < -0.3 is 10.3 Å². The normalized spacial score (nSPS) is 10.4. The minimum atomic E-state index is 0.870. The van der Waals surface area contributed by atoms with Gasteiger partial charge in [0.2, 0.25) is 0 Å². The number of aromatic amines is 1. The third-order valence-electron chi connectivity index (χ3n) is 3.01. The Morgan fingerprint density at radius 3 is 2.37 bits per heavy atom. The number of hydrogen-bond acceptors (Lipinski definition) is 3. The van der Waals surface area contributed by atoms with E-state index in [0.717, 1.165) is 28.3 Å². The van der Waals surface area contributed by atoms with Crippen LogP contribution in [0.4, 0.5) is 5.69 Å². The van der Waals surface area contributed by atoms with E-state index in [2.05, 4.69) is 20.3 Å². The summed E-state index contributed by atoms with van der Waals surface area (Å²) < 4.78 is 0. The van der Waals surface area contributed by atoms with Crippen molar-refractivity contribution in [2.24, 2.45) is 0 Å². The van der Waals surface area contributed by atoms with Crippen molar-refractivity contribution in [2.45, 2.75) is 0 Å². The van der Waals surface area contributed by atoms with Crippen LogP contribution in [-0.2, 0) is 0 Å². The van der Waals surface area contributed by atoms with E-state index in [1.54, 1.807) is 12.4 Å². The summed E-state index contributed by atoms with van der Waals surface area (Å²) in [6.07, 6.45) is 5.39. The number of aromatic nitrogens is 3. The van der Waals surface area contributed by atoms with Gasteiger partial charge in [-0.15, -0.1) is 0 Å². The van der Waals surface area contributed by atoms with Crippen molar-refractivity contribution in [1.82, 2.24) is 15.0 Å². The molecule has 0 amide bonds. The SMILES string of the molecule is CNc1ccc(-c2ncc(-c3ccncc3)[nH]2)cc1. The first-order chi connectivity index (χ1) is 9.36. The lowest BCUT2D eigenvalue weighted by atomic mass is 10.2. The van der Waals surface area contributed by atoms with Gasteiger partial charge in [0, 0.05) is 36.3 Å². The molecule has 4 nitrogen and oxygen atoms in total. The summed E-state index contributed by atoms with van der Waals surface area (Å²) in [6, 6.07) is 12.1. The summed E-state index contributed by atoms with van der Waals surface area (Å²) in [5.41, 5.74) is 4.24. The van der Waals surface area contributed by atoms with Gasteiger partial charge in [0.05, 0.1) is 11.9 Å². The lowest BCUT2D eigenvalue weighted by Gasteiger charge is -2.01. The van der Waals surface area contributed by atoms with Crippen LogP contribution in [0.5, 0.6) is 0 Å². The molecular weight excluding hydrogens is 236 g/mol. The summed E-state index contributed by atoms with van der Waals surface area (Å²) in [4.78, 5) is 11.8. The fourth-order valence-electron chi connectivity index (χ4n) is 1.94. The highest BCUT2D eigenvalue weighted by Gasteiger charge is 2.05. The minimum Gasteiger partial charge on any atom is -0.388 e. The molecule has 94 valence electrons. The molecule has 0 radical (unpaired) electrons. The van der Waals surface area contributed by atoms with E-state index in [1.165, 1.54) is 0 Å². The van der Waals surface area contributed by atoms with E-state index in [0.29, 0.717) is 0 Å². The van der Waals surface area contributed by atoms with E-state index in [-0.39, 0.29) is 0 Å². The second-order valence-electron chi connectivity index (χ2n) is 4.21. The average molecular weight is 250 g/mol. The number of imidazole rings is 1. The summed E-state index contributed by atoms with van der Waals surface area (Å²) in [5, 5.41) is 3.10. The molecule has 2 N–H and O–H groups in total. The quantitative estimate of drug-likeness (QED) is 0.750. The molecule has 0 fully saturated rings. The van der Waals surface area contributed by atoms with Crippen molar-refractivity contribution < 1.29 is 0 Å². The molecule has 1 aromatic carbocycles. The van der Waals surface area contributed by atoms with E-state index >= 15 is 0 Å². The van der Waals surface area contributed by atoms with Crippen LogP contribution in [0.2, 0.25) is 0 Å². The standard InChI is InChI=1S/C15H14N4/c1-16-13-4-2-12(3-5-13)15-18-10-14(19-15)11-6-8-17-9-7-11/h2-10,16H,1H3,(H,18,19). The Morgan fingerprint density at radius 2 is 1.68 bits per heavy atom. The Bertz CT molecular complexity index is 656. The maximum Gasteiger partial charge on any atom is 0.137 e. The number of pyridine rings is 1. The topological polar surface area (TPSA) is 53.6 Å². The summed E-state index contributed by atoms with van der Waals surface area (Å²) in [6.45, 7) is 0. The first-order valence-electron chi connectivity index (χ1n) is 6.10. The predicted molar refractivity (Wildman–Crippen MR) is 76.8 cm³/mol. The van der Waals surface area contributed by atoms with Gasteiger partial charge in [0.25, 0.3) is 0 Å². The third-order valence-corrected chi connectivity index (χ3v) is 3.01. The minimum absolute atomic E-state index is 0.870. The van der Waals surface area contributed by atoms with Crippen LogP contribution in [0.3, 0.4) is 0 Å². The summed E-state index contributed by atoms with van der Waals surface area (Å²) in [5.74, 6) is 0.870. The fourth-order valence-corrected chi connectivity index (χ4v) is 1.94. The van der Waals surface area contributed by atoms with Gasteiger partial charge in [-0.2, -0.15) is 0 Å². The fraction of sp³-hybridized carbons (Fsp3) is 0.0667. The Labute approximate surface area is 111 Å². The number of benzene rings is 1. The monoisotopic (exact) mass is 250 g/mol. The van der Waals surface area contributed by atoms with E-state index in [4.69, 9.17) is 0 Å². The molecule has 2 heterocycles. The van der Waals surface area contributed by atoms with Crippen molar-refractivity contribution in [3.05, 3.63) is 55.0 Å². The molecule has 19 heavy (non-hydrogen) atoms. The van der Waals surface area contributed by atoms with Crippen molar-refractivity contribution in [3.8, 4) is 22.6 Å². The molecule has 0 atom stereocenters. The third kappa shape index (κ3) is 2.33. The van der Waals surface area contributed by atoms with Gasteiger partial charge >= 0.3 is 0 Å². The highest BCUT2D eigenvalue weighted by atomic mass is 14.9. The van der Waals surface area contributed by atoms with Crippen molar-refractivity contribution in [2.75, 3.05) is 12.4 Å². The van der Waals surface area contributed by atoms with Crippen molar-refractivity contribution >= 4 is 5.69 Å². The summed E-state index contributed by atoms with van der Waals surface area (Å²) >= 11 is 0. The van der Waals surface area contributed by atoms with Gasteiger partial charge in [-0.3, -0.25) is 4.98 Å². The second-order valence-corrected chi connectivity index (χ2v) is 4.21. The predicted octanol–water partition coefficient (Wildman–Crippen LogP) is 3.18. The number of anilines is 1. The van der Waals surface area contributed by atoms with Crippen molar-refractivity contribution in [3.63, 3.8) is 0 Å². The Hall–Kier alpha value is -2.62. The number of hydrogen-bond donors (Lipinski definition) is 2. The van der Waals surface area contributed by atoms with Crippen LogP contribution in [0.1, 0.15) is 0 Å². The zero-order chi connectivity index (χ0) is 13.1. The first-order valence-corrected chi connectivity index (χ1v) is 6.10. The van der Waals surface area contributed by atoms with E-state index in [9.17, 15) is 0 Å². The molecule has 0 spiro atoms.